The Labute approximate surface area is 129 Å². The lowest BCUT2D eigenvalue weighted by molar-refractivity contribution is -0.0933. The molecule has 1 N–H and O–H groups in total. The first-order chi connectivity index (χ1) is 10.2. The van der Waals surface area contributed by atoms with E-state index in [1.807, 2.05) is 0 Å². The standard InChI is InChI=1S/C19H29NO/c1-3-12-20-18(19(2)11-7-8-13-21-19)17-14-16(17)15-9-5-4-6-10-15/h4-6,9-10,16-18,20H,3,7-8,11-14H2,1-2H3. The molecule has 0 bridgehead atoms. The van der Waals surface area contributed by atoms with Crippen LogP contribution >= 0.6 is 0 Å². The highest BCUT2D eigenvalue weighted by molar-refractivity contribution is 5.27. The van der Waals surface area contributed by atoms with Crippen LogP contribution in [0.4, 0.5) is 0 Å². The Morgan fingerprint density at radius 1 is 1.29 bits per heavy atom. The van der Waals surface area contributed by atoms with Crippen LogP contribution in [0.5, 0.6) is 0 Å². The van der Waals surface area contributed by atoms with Gasteiger partial charge in [0.25, 0.3) is 0 Å². The molecule has 0 spiro atoms. The maximum absolute atomic E-state index is 6.25. The van der Waals surface area contributed by atoms with Crippen LogP contribution in [0.2, 0.25) is 0 Å². The van der Waals surface area contributed by atoms with Crippen LogP contribution in [-0.2, 0) is 4.74 Å². The van der Waals surface area contributed by atoms with Gasteiger partial charge in [0.2, 0.25) is 0 Å². The van der Waals surface area contributed by atoms with E-state index in [-0.39, 0.29) is 5.60 Å². The highest BCUT2D eigenvalue weighted by Gasteiger charge is 2.51. The second kappa shape index (κ2) is 6.50. The minimum Gasteiger partial charge on any atom is -0.374 e. The smallest absolute Gasteiger partial charge is 0.0809 e. The van der Waals surface area contributed by atoms with Gasteiger partial charge in [-0.25, -0.2) is 0 Å². The topological polar surface area (TPSA) is 21.3 Å². The lowest BCUT2D eigenvalue weighted by atomic mass is 9.84. The summed E-state index contributed by atoms with van der Waals surface area (Å²) in [6, 6.07) is 11.5. The van der Waals surface area contributed by atoms with E-state index in [1.165, 1.54) is 37.7 Å². The number of ether oxygens (including phenoxy) is 1. The van der Waals surface area contributed by atoms with Crippen molar-refractivity contribution in [1.82, 2.24) is 5.32 Å². The molecule has 2 nitrogen and oxygen atoms in total. The highest BCUT2D eigenvalue weighted by Crippen LogP contribution is 2.53. The van der Waals surface area contributed by atoms with Crippen molar-refractivity contribution < 1.29 is 4.74 Å². The Morgan fingerprint density at radius 2 is 2.10 bits per heavy atom. The Balaban J connectivity index is 1.71. The quantitative estimate of drug-likeness (QED) is 0.850. The molecular weight excluding hydrogens is 258 g/mol. The average Bonchev–Trinajstić information content (AvgIpc) is 3.29. The molecule has 0 aromatic heterocycles. The van der Waals surface area contributed by atoms with Crippen molar-refractivity contribution in [3.8, 4) is 0 Å². The summed E-state index contributed by atoms with van der Waals surface area (Å²) in [6.07, 6.45) is 6.23. The van der Waals surface area contributed by atoms with E-state index in [0.29, 0.717) is 6.04 Å². The maximum Gasteiger partial charge on any atom is 0.0809 e. The van der Waals surface area contributed by atoms with Crippen LogP contribution in [0.3, 0.4) is 0 Å². The SMILES string of the molecule is CCCNC(C1CC1c1ccccc1)C1(C)CCCCO1. The fourth-order valence-corrected chi connectivity index (χ4v) is 3.99. The number of hydrogen-bond acceptors (Lipinski definition) is 2. The van der Waals surface area contributed by atoms with Crippen molar-refractivity contribution >= 4 is 0 Å². The lowest BCUT2D eigenvalue weighted by Crippen LogP contribution is -2.53. The van der Waals surface area contributed by atoms with Gasteiger partial charge in [0.05, 0.1) is 5.60 Å². The normalized spacial score (nSPS) is 33.6. The van der Waals surface area contributed by atoms with E-state index < -0.39 is 0 Å². The Hall–Kier alpha value is -0.860. The molecule has 0 amide bonds. The Bertz CT molecular complexity index is 438. The zero-order valence-corrected chi connectivity index (χ0v) is 13.5. The largest absolute Gasteiger partial charge is 0.374 e. The lowest BCUT2D eigenvalue weighted by Gasteiger charge is -2.41. The number of rotatable bonds is 6. The zero-order valence-electron chi connectivity index (χ0n) is 13.5. The van der Waals surface area contributed by atoms with Crippen LogP contribution in [0.25, 0.3) is 0 Å². The highest BCUT2D eigenvalue weighted by atomic mass is 16.5. The minimum atomic E-state index is 0.0294. The molecule has 1 aromatic carbocycles. The van der Waals surface area contributed by atoms with Crippen LogP contribution in [0.15, 0.2) is 30.3 Å². The van der Waals surface area contributed by atoms with Gasteiger partial charge in [-0.3, -0.25) is 0 Å². The molecule has 0 radical (unpaired) electrons. The molecule has 21 heavy (non-hydrogen) atoms. The second-order valence-electron chi connectivity index (χ2n) is 6.97. The molecule has 3 rings (SSSR count). The fraction of sp³-hybridized carbons (Fsp3) is 0.684. The van der Waals surface area contributed by atoms with Gasteiger partial charge in [0.1, 0.15) is 0 Å². The van der Waals surface area contributed by atoms with Gasteiger partial charge in [-0.2, -0.15) is 0 Å². The number of benzene rings is 1. The number of nitrogens with one attached hydrogen (secondary N) is 1. The zero-order chi connectivity index (χ0) is 14.7. The maximum atomic E-state index is 6.25. The van der Waals surface area contributed by atoms with Gasteiger partial charge in [0, 0.05) is 12.6 Å². The predicted octanol–water partition coefficient (Wildman–Crippen LogP) is 4.12. The molecule has 2 aliphatic rings. The minimum absolute atomic E-state index is 0.0294. The van der Waals surface area contributed by atoms with Gasteiger partial charge in [-0.05, 0) is 63.0 Å². The van der Waals surface area contributed by atoms with E-state index in [4.69, 9.17) is 4.74 Å². The van der Waals surface area contributed by atoms with Crippen LogP contribution in [-0.4, -0.2) is 24.8 Å². The molecule has 4 unspecified atom stereocenters. The molecule has 1 aromatic rings. The van der Waals surface area contributed by atoms with E-state index in [9.17, 15) is 0 Å². The summed E-state index contributed by atoms with van der Waals surface area (Å²) in [7, 11) is 0. The molecule has 1 heterocycles. The van der Waals surface area contributed by atoms with Crippen LogP contribution < -0.4 is 5.32 Å². The van der Waals surface area contributed by atoms with Gasteiger partial charge in [-0.1, -0.05) is 37.3 Å². The summed E-state index contributed by atoms with van der Waals surface area (Å²) in [5, 5.41) is 3.82. The third kappa shape index (κ3) is 3.32. The van der Waals surface area contributed by atoms with Crippen molar-refractivity contribution in [2.24, 2.45) is 5.92 Å². The van der Waals surface area contributed by atoms with Crippen molar-refractivity contribution in [3.05, 3.63) is 35.9 Å². The Morgan fingerprint density at radius 3 is 2.76 bits per heavy atom. The molecular formula is C19H29NO. The predicted molar refractivity (Wildman–Crippen MR) is 87.6 cm³/mol. The molecule has 116 valence electrons. The van der Waals surface area contributed by atoms with Gasteiger partial charge < -0.3 is 10.1 Å². The number of hydrogen-bond donors (Lipinski definition) is 1. The van der Waals surface area contributed by atoms with Gasteiger partial charge in [-0.15, -0.1) is 0 Å². The summed E-state index contributed by atoms with van der Waals surface area (Å²) in [5.41, 5.74) is 1.53. The van der Waals surface area contributed by atoms with E-state index in [1.54, 1.807) is 0 Å². The summed E-state index contributed by atoms with van der Waals surface area (Å²) < 4.78 is 6.25. The molecule has 1 saturated carbocycles. The first kappa shape index (κ1) is 15.1. The summed E-state index contributed by atoms with van der Waals surface area (Å²) in [6.45, 7) is 6.61. The Kier molecular flexibility index (Phi) is 4.66. The monoisotopic (exact) mass is 287 g/mol. The third-order valence-electron chi connectivity index (χ3n) is 5.27. The van der Waals surface area contributed by atoms with E-state index in [0.717, 1.165) is 25.0 Å². The second-order valence-corrected chi connectivity index (χ2v) is 6.97. The average molecular weight is 287 g/mol. The summed E-state index contributed by atoms with van der Waals surface area (Å²) in [5.74, 6) is 1.46. The summed E-state index contributed by atoms with van der Waals surface area (Å²) in [4.78, 5) is 0. The van der Waals surface area contributed by atoms with E-state index in [2.05, 4.69) is 49.5 Å². The van der Waals surface area contributed by atoms with Crippen LogP contribution in [0, 0.1) is 5.92 Å². The molecule has 4 atom stereocenters. The van der Waals surface area contributed by atoms with Crippen molar-refractivity contribution in [3.63, 3.8) is 0 Å². The fourth-order valence-electron chi connectivity index (χ4n) is 3.99. The first-order valence-electron chi connectivity index (χ1n) is 8.67. The molecule has 1 aliphatic heterocycles. The molecule has 1 aliphatic carbocycles. The molecule has 2 heteroatoms. The molecule has 1 saturated heterocycles. The van der Waals surface area contributed by atoms with Crippen LogP contribution in [0.1, 0.15) is 57.4 Å². The van der Waals surface area contributed by atoms with Crippen molar-refractivity contribution in [2.45, 2.75) is 63.5 Å². The van der Waals surface area contributed by atoms with Crippen molar-refractivity contribution in [2.75, 3.05) is 13.2 Å². The van der Waals surface area contributed by atoms with E-state index >= 15 is 0 Å². The van der Waals surface area contributed by atoms with Gasteiger partial charge in [0.15, 0.2) is 0 Å². The third-order valence-corrected chi connectivity index (χ3v) is 5.27. The van der Waals surface area contributed by atoms with Gasteiger partial charge >= 0.3 is 0 Å². The summed E-state index contributed by atoms with van der Waals surface area (Å²) >= 11 is 0. The van der Waals surface area contributed by atoms with Crippen molar-refractivity contribution in [1.29, 1.82) is 0 Å². The molecule has 2 fully saturated rings. The first-order valence-corrected chi connectivity index (χ1v) is 8.67.